The number of piperidine rings is 1. The maximum absolute atomic E-state index is 12.5. The number of H-pyrrole nitrogens is 1. The van der Waals surface area contributed by atoms with E-state index >= 15 is 0 Å². The molecule has 7 nitrogen and oxygen atoms in total. The number of amides is 1. The molecule has 7 heteroatoms. The molecule has 2 aromatic rings. The quantitative estimate of drug-likeness (QED) is 0.879. The van der Waals surface area contributed by atoms with Gasteiger partial charge >= 0.3 is 11.8 Å². The molecule has 0 spiro atoms. The largest absolute Gasteiger partial charge is 0.453 e. The standard InChI is InChI=1S/C20H28N4O3/c1-14-4-5-17-16(12-14)21-18(25)24(17)15-6-9-23(10-7-15)20(2)8-11-22(13-20)19(26)27-3/h4-5,12,15H,6-11,13H2,1-3H3,(H,21,25). The summed E-state index contributed by atoms with van der Waals surface area (Å²) >= 11 is 0. The van der Waals surface area contributed by atoms with Crippen molar-refractivity contribution in [3.05, 3.63) is 34.2 Å². The van der Waals surface area contributed by atoms with Gasteiger partial charge in [-0.3, -0.25) is 9.47 Å². The summed E-state index contributed by atoms with van der Waals surface area (Å²) in [6.07, 6.45) is 2.59. The fraction of sp³-hybridized carbons (Fsp3) is 0.600. The highest BCUT2D eigenvalue weighted by atomic mass is 16.5. The predicted molar refractivity (Wildman–Crippen MR) is 104 cm³/mol. The molecule has 27 heavy (non-hydrogen) atoms. The zero-order chi connectivity index (χ0) is 19.2. The van der Waals surface area contributed by atoms with Gasteiger partial charge in [-0.2, -0.15) is 0 Å². The van der Waals surface area contributed by atoms with Crippen molar-refractivity contribution in [3.8, 4) is 0 Å². The summed E-state index contributed by atoms with van der Waals surface area (Å²) in [5.41, 5.74) is 3.03. The summed E-state index contributed by atoms with van der Waals surface area (Å²) in [5.74, 6) is 0. The van der Waals surface area contributed by atoms with Gasteiger partial charge in [0.05, 0.1) is 18.1 Å². The molecule has 4 rings (SSSR count). The van der Waals surface area contributed by atoms with Gasteiger partial charge in [0.15, 0.2) is 0 Å². The van der Waals surface area contributed by atoms with Gasteiger partial charge in [-0.25, -0.2) is 9.59 Å². The molecule has 2 aliphatic heterocycles. The van der Waals surface area contributed by atoms with E-state index in [0.29, 0.717) is 6.54 Å². The first-order valence-corrected chi connectivity index (χ1v) is 9.70. The molecule has 2 saturated heterocycles. The Morgan fingerprint density at radius 2 is 2.00 bits per heavy atom. The number of hydrogen-bond acceptors (Lipinski definition) is 4. The van der Waals surface area contributed by atoms with Gasteiger partial charge in [-0.1, -0.05) is 6.07 Å². The summed E-state index contributed by atoms with van der Waals surface area (Å²) < 4.78 is 6.80. The SMILES string of the molecule is COC(=O)N1CCC(C)(N2CCC(n3c(=O)[nH]c4cc(C)ccc43)CC2)C1. The van der Waals surface area contributed by atoms with Gasteiger partial charge in [0, 0.05) is 37.8 Å². The molecule has 3 heterocycles. The van der Waals surface area contributed by atoms with Gasteiger partial charge in [0.25, 0.3) is 0 Å². The molecular formula is C20H28N4O3. The molecule has 0 bridgehead atoms. The molecule has 2 aliphatic rings. The molecule has 1 unspecified atom stereocenters. The summed E-state index contributed by atoms with van der Waals surface area (Å²) in [6.45, 7) is 7.58. The van der Waals surface area contributed by atoms with Gasteiger partial charge in [0.1, 0.15) is 0 Å². The fourth-order valence-corrected chi connectivity index (χ4v) is 4.76. The number of ether oxygens (including phenoxy) is 1. The van der Waals surface area contributed by atoms with Crippen molar-refractivity contribution >= 4 is 17.1 Å². The predicted octanol–water partition coefficient (Wildman–Crippen LogP) is 2.51. The monoisotopic (exact) mass is 372 g/mol. The number of aromatic nitrogens is 2. The average molecular weight is 372 g/mol. The second-order valence-electron chi connectivity index (χ2n) is 8.18. The summed E-state index contributed by atoms with van der Waals surface area (Å²) in [4.78, 5) is 31.6. The van der Waals surface area contributed by atoms with Crippen LogP contribution in [0.25, 0.3) is 11.0 Å². The van der Waals surface area contributed by atoms with Crippen molar-refractivity contribution in [1.29, 1.82) is 0 Å². The lowest BCUT2D eigenvalue weighted by Gasteiger charge is -2.43. The zero-order valence-corrected chi connectivity index (χ0v) is 16.3. The Morgan fingerprint density at radius 1 is 1.26 bits per heavy atom. The minimum absolute atomic E-state index is 0.0125. The number of fused-ring (bicyclic) bond motifs is 1. The number of aromatic amines is 1. The van der Waals surface area contributed by atoms with Crippen LogP contribution in [0.1, 0.15) is 37.8 Å². The lowest BCUT2D eigenvalue weighted by atomic mass is 9.93. The molecule has 1 atom stereocenters. The van der Waals surface area contributed by atoms with E-state index in [1.54, 1.807) is 4.90 Å². The zero-order valence-electron chi connectivity index (χ0n) is 16.3. The number of rotatable bonds is 2. The van der Waals surface area contributed by atoms with Crippen molar-refractivity contribution < 1.29 is 9.53 Å². The number of methoxy groups -OCH3 is 1. The number of benzene rings is 1. The van der Waals surface area contributed by atoms with Gasteiger partial charge in [-0.05, 0) is 50.8 Å². The highest BCUT2D eigenvalue weighted by molar-refractivity contribution is 5.76. The van der Waals surface area contributed by atoms with E-state index in [2.05, 4.69) is 22.9 Å². The number of hydrogen-bond donors (Lipinski definition) is 1. The molecule has 1 aromatic carbocycles. The lowest BCUT2D eigenvalue weighted by Crippen LogP contribution is -2.52. The molecule has 0 aliphatic carbocycles. The van der Waals surface area contributed by atoms with Crippen LogP contribution in [0, 0.1) is 6.92 Å². The molecule has 0 saturated carbocycles. The van der Waals surface area contributed by atoms with Crippen LogP contribution in [0.2, 0.25) is 0 Å². The van der Waals surface area contributed by atoms with E-state index in [1.807, 2.05) is 23.6 Å². The van der Waals surface area contributed by atoms with E-state index in [1.165, 1.54) is 7.11 Å². The fourth-order valence-electron chi connectivity index (χ4n) is 4.76. The first-order valence-electron chi connectivity index (χ1n) is 9.70. The molecule has 1 amide bonds. The van der Waals surface area contributed by atoms with E-state index in [9.17, 15) is 9.59 Å². The highest BCUT2D eigenvalue weighted by Gasteiger charge is 2.42. The van der Waals surface area contributed by atoms with Crippen molar-refractivity contribution in [2.24, 2.45) is 0 Å². The molecule has 1 aromatic heterocycles. The first-order chi connectivity index (χ1) is 12.9. The number of carbonyl (C=O) groups excluding carboxylic acids is 1. The number of carbonyl (C=O) groups is 1. The number of imidazole rings is 1. The maximum atomic E-state index is 12.5. The number of aryl methyl sites for hydroxylation is 1. The Hall–Kier alpha value is -2.28. The second kappa shape index (κ2) is 6.71. The lowest BCUT2D eigenvalue weighted by molar-refractivity contribution is 0.0662. The topological polar surface area (TPSA) is 70.6 Å². The molecular weight excluding hydrogens is 344 g/mol. The van der Waals surface area contributed by atoms with Gasteiger partial charge in [-0.15, -0.1) is 0 Å². The van der Waals surface area contributed by atoms with E-state index in [4.69, 9.17) is 4.74 Å². The average Bonchev–Trinajstić information content (AvgIpc) is 3.21. The normalized spacial score (nSPS) is 24.6. The number of nitrogens with zero attached hydrogens (tertiary/aromatic N) is 3. The van der Waals surface area contributed by atoms with E-state index in [-0.39, 0.29) is 23.4 Å². The van der Waals surface area contributed by atoms with Crippen molar-refractivity contribution in [3.63, 3.8) is 0 Å². The van der Waals surface area contributed by atoms with Gasteiger partial charge in [0.2, 0.25) is 0 Å². The number of likely N-dealkylation sites (tertiary alicyclic amines) is 2. The van der Waals surface area contributed by atoms with Crippen molar-refractivity contribution in [2.45, 2.75) is 44.7 Å². The Bertz CT molecular complexity index is 910. The van der Waals surface area contributed by atoms with Crippen LogP contribution in [-0.2, 0) is 4.74 Å². The van der Waals surface area contributed by atoms with Gasteiger partial charge < -0.3 is 14.6 Å². The van der Waals surface area contributed by atoms with Crippen LogP contribution in [0.4, 0.5) is 4.79 Å². The Labute approximate surface area is 158 Å². The van der Waals surface area contributed by atoms with Crippen LogP contribution < -0.4 is 5.69 Å². The maximum Gasteiger partial charge on any atom is 0.409 e. The first kappa shape index (κ1) is 18.1. The summed E-state index contributed by atoms with van der Waals surface area (Å²) in [7, 11) is 1.43. The molecule has 146 valence electrons. The van der Waals surface area contributed by atoms with E-state index < -0.39 is 0 Å². The minimum Gasteiger partial charge on any atom is -0.453 e. The van der Waals surface area contributed by atoms with E-state index in [0.717, 1.165) is 55.5 Å². The van der Waals surface area contributed by atoms with Crippen LogP contribution in [0.5, 0.6) is 0 Å². The smallest absolute Gasteiger partial charge is 0.409 e. The third-order valence-electron chi connectivity index (χ3n) is 6.35. The van der Waals surface area contributed by atoms with Crippen LogP contribution in [0.15, 0.2) is 23.0 Å². The van der Waals surface area contributed by atoms with Crippen molar-refractivity contribution in [1.82, 2.24) is 19.4 Å². The Balaban J connectivity index is 1.48. The molecule has 0 radical (unpaired) electrons. The van der Waals surface area contributed by atoms with Crippen LogP contribution in [-0.4, -0.2) is 64.3 Å². The van der Waals surface area contributed by atoms with Crippen molar-refractivity contribution in [2.75, 3.05) is 33.3 Å². The number of nitrogens with one attached hydrogen (secondary N) is 1. The second-order valence-corrected chi connectivity index (χ2v) is 8.18. The Kier molecular flexibility index (Phi) is 4.50. The van der Waals surface area contributed by atoms with Crippen LogP contribution >= 0.6 is 0 Å². The third-order valence-corrected chi connectivity index (χ3v) is 6.35. The summed E-state index contributed by atoms with van der Waals surface area (Å²) in [6, 6.07) is 6.35. The molecule has 2 fully saturated rings. The minimum atomic E-state index is -0.241. The molecule has 1 N–H and O–H groups in total. The third kappa shape index (κ3) is 3.14. The Morgan fingerprint density at radius 3 is 2.70 bits per heavy atom. The summed E-state index contributed by atoms with van der Waals surface area (Å²) in [5, 5.41) is 0. The highest BCUT2D eigenvalue weighted by Crippen LogP contribution is 2.33. The van der Waals surface area contributed by atoms with Crippen LogP contribution in [0.3, 0.4) is 0 Å².